The van der Waals surface area contributed by atoms with Crippen molar-refractivity contribution in [2.45, 2.75) is 38.5 Å². The number of hydrogen-bond donors (Lipinski definition) is 1. The second kappa shape index (κ2) is 7.12. The first-order valence-electron chi connectivity index (χ1n) is 8.19. The molecule has 0 saturated carbocycles. The van der Waals surface area contributed by atoms with E-state index in [1.807, 2.05) is 26.0 Å². The van der Waals surface area contributed by atoms with Gasteiger partial charge in [-0.2, -0.15) is 0 Å². The van der Waals surface area contributed by atoms with Gasteiger partial charge in [0.05, 0.1) is 5.41 Å². The van der Waals surface area contributed by atoms with Gasteiger partial charge in [0.15, 0.2) is 0 Å². The highest BCUT2D eigenvalue weighted by atomic mass is 79.9. The predicted molar refractivity (Wildman–Crippen MR) is 100 cm³/mol. The van der Waals surface area contributed by atoms with Crippen LogP contribution in [0.3, 0.4) is 0 Å². The van der Waals surface area contributed by atoms with Crippen molar-refractivity contribution in [1.82, 2.24) is 10.2 Å². The van der Waals surface area contributed by atoms with Crippen molar-refractivity contribution in [2.75, 3.05) is 26.2 Å². The van der Waals surface area contributed by atoms with Gasteiger partial charge < -0.3 is 10.2 Å². The number of carbonyl (C=O) groups excluding carboxylic acids is 1. The molecule has 3 rings (SSSR count). The lowest BCUT2D eigenvalue weighted by Crippen LogP contribution is -2.49. The molecule has 0 atom stereocenters. The monoisotopic (exact) mass is 400 g/mol. The van der Waals surface area contributed by atoms with Crippen LogP contribution in [0.25, 0.3) is 0 Å². The van der Waals surface area contributed by atoms with Gasteiger partial charge in [-0.05, 0) is 62.8 Å². The molecule has 2 aliphatic heterocycles. The minimum Gasteiger partial charge on any atom is -0.342 e. The van der Waals surface area contributed by atoms with Crippen LogP contribution in [-0.4, -0.2) is 37.0 Å². The van der Waals surface area contributed by atoms with Crippen LogP contribution in [0.5, 0.6) is 0 Å². The van der Waals surface area contributed by atoms with E-state index in [4.69, 9.17) is 0 Å². The van der Waals surface area contributed by atoms with E-state index in [-0.39, 0.29) is 18.3 Å². The fourth-order valence-electron chi connectivity index (χ4n) is 3.80. The third-order valence-electron chi connectivity index (χ3n) is 5.52. The van der Waals surface area contributed by atoms with Crippen molar-refractivity contribution in [3.63, 3.8) is 0 Å². The Kier molecular flexibility index (Phi) is 5.81. The normalized spacial score (nSPS) is 20.4. The van der Waals surface area contributed by atoms with Crippen LogP contribution < -0.4 is 5.32 Å². The van der Waals surface area contributed by atoms with Gasteiger partial charge in [-0.1, -0.05) is 28.1 Å². The van der Waals surface area contributed by atoms with Crippen molar-refractivity contribution in [3.8, 4) is 0 Å². The van der Waals surface area contributed by atoms with Crippen LogP contribution >= 0.6 is 28.3 Å². The summed E-state index contributed by atoms with van der Waals surface area (Å²) in [5.74, 6) is 0.256. The smallest absolute Gasteiger partial charge is 0.232 e. The zero-order valence-electron chi connectivity index (χ0n) is 13.9. The quantitative estimate of drug-likeness (QED) is 0.818. The van der Waals surface area contributed by atoms with Crippen molar-refractivity contribution in [3.05, 3.63) is 34.3 Å². The first kappa shape index (κ1) is 18.8. The number of piperidine rings is 1. The molecule has 0 radical (unpaired) electrons. The van der Waals surface area contributed by atoms with Crippen LogP contribution in [0.15, 0.2) is 28.7 Å². The maximum absolute atomic E-state index is 13.0. The average Bonchev–Trinajstić information content (AvgIpc) is 2.95. The SMILES string of the molecule is CC(C)(C(=O)N1CCC2(CCNC2)CC1)c1cccc(Br)c1.Cl. The maximum Gasteiger partial charge on any atom is 0.232 e. The highest BCUT2D eigenvalue weighted by Crippen LogP contribution is 2.38. The molecule has 2 fully saturated rings. The van der Waals surface area contributed by atoms with E-state index in [1.165, 1.54) is 6.42 Å². The topological polar surface area (TPSA) is 32.3 Å². The molecule has 2 heterocycles. The van der Waals surface area contributed by atoms with E-state index in [1.54, 1.807) is 0 Å². The van der Waals surface area contributed by atoms with Gasteiger partial charge in [0.25, 0.3) is 0 Å². The van der Waals surface area contributed by atoms with E-state index >= 15 is 0 Å². The number of hydrogen-bond acceptors (Lipinski definition) is 2. The number of benzene rings is 1. The van der Waals surface area contributed by atoms with Crippen molar-refractivity contribution >= 4 is 34.2 Å². The first-order valence-corrected chi connectivity index (χ1v) is 8.98. The molecule has 128 valence electrons. The molecular formula is C18H26BrClN2O. The molecule has 0 bridgehead atoms. The van der Waals surface area contributed by atoms with Gasteiger partial charge in [0.1, 0.15) is 0 Å². The Hall–Kier alpha value is -0.580. The molecule has 2 aliphatic rings. The van der Waals surface area contributed by atoms with Crippen LogP contribution in [0.1, 0.15) is 38.7 Å². The van der Waals surface area contributed by atoms with E-state index in [2.05, 4.69) is 38.3 Å². The molecule has 5 heteroatoms. The summed E-state index contributed by atoms with van der Waals surface area (Å²) < 4.78 is 1.03. The molecule has 1 N–H and O–H groups in total. The lowest BCUT2D eigenvalue weighted by molar-refractivity contribution is -0.138. The Bertz CT molecular complexity index is 560. The summed E-state index contributed by atoms with van der Waals surface area (Å²) in [4.78, 5) is 15.1. The number of nitrogens with zero attached hydrogens (tertiary/aromatic N) is 1. The molecule has 1 amide bonds. The van der Waals surface area contributed by atoms with Gasteiger partial charge in [-0.25, -0.2) is 0 Å². The summed E-state index contributed by atoms with van der Waals surface area (Å²) in [6, 6.07) is 8.12. The fraction of sp³-hybridized carbons (Fsp3) is 0.611. The van der Waals surface area contributed by atoms with E-state index in [0.717, 1.165) is 49.1 Å². The second-order valence-corrected chi connectivity index (χ2v) is 8.27. The number of carbonyl (C=O) groups is 1. The first-order chi connectivity index (χ1) is 10.4. The minimum absolute atomic E-state index is 0. The third kappa shape index (κ3) is 3.75. The van der Waals surface area contributed by atoms with Crippen molar-refractivity contribution in [2.24, 2.45) is 5.41 Å². The Balaban J connectivity index is 0.00000192. The summed E-state index contributed by atoms with van der Waals surface area (Å²) in [6.45, 7) is 8.15. The van der Waals surface area contributed by atoms with Gasteiger partial charge >= 0.3 is 0 Å². The molecule has 0 aliphatic carbocycles. The number of likely N-dealkylation sites (tertiary alicyclic amines) is 1. The van der Waals surface area contributed by atoms with Gasteiger partial charge in [-0.3, -0.25) is 4.79 Å². The van der Waals surface area contributed by atoms with E-state index in [0.29, 0.717) is 5.41 Å². The van der Waals surface area contributed by atoms with Crippen LogP contribution in [0, 0.1) is 5.41 Å². The minimum atomic E-state index is -0.470. The highest BCUT2D eigenvalue weighted by Gasteiger charge is 2.41. The van der Waals surface area contributed by atoms with Crippen LogP contribution in [-0.2, 0) is 10.2 Å². The number of amides is 1. The number of rotatable bonds is 2. The zero-order valence-corrected chi connectivity index (χ0v) is 16.3. The molecule has 1 spiro atoms. The largest absolute Gasteiger partial charge is 0.342 e. The van der Waals surface area contributed by atoms with Crippen LogP contribution in [0.2, 0.25) is 0 Å². The van der Waals surface area contributed by atoms with Gasteiger partial charge in [0.2, 0.25) is 5.91 Å². The lowest BCUT2D eigenvalue weighted by atomic mass is 9.76. The standard InChI is InChI=1S/C18H25BrN2O.ClH/c1-17(2,14-4-3-5-15(19)12-14)16(22)21-10-7-18(8-11-21)6-9-20-13-18;/h3-5,12,20H,6-11,13H2,1-2H3;1H. The van der Waals surface area contributed by atoms with E-state index in [9.17, 15) is 4.79 Å². The second-order valence-electron chi connectivity index (χ2n) is 7.35. The Morgan fingerprint density at radius 3 is 2.52 bits per heavy atom. The molecule has 0 aromatic heterocycles. The number of nitrogens with one attached hydrogen (secondary N) is 1. The molecule has 1 aromatic carbocycles. The van der Waals surface area contributed by atoms with Crippen molar-refractivity contribution in [1.29, 1.82) is 0 Å². The summed E-state index contributed by atoms with van der Waals surface area (Å²) in [5.41, 5.74) is 1.06. The molecule has 23 heavy (non-hydrogen) atoms. The van der Waals surface area contributed by atoms with Gasteiger partial charge in [0, 0.05) is 24.1 Å². The predicted octanol–water partition coefficient (Wildman–Crippen LogP) is 3.75. The molecular weight excluding hydrogens is 376 g/mol. The fourth-order valence-corrected chi connectivity index (χ4v) is 4.20. The number of halogens is 2. The van der Waals surface area contributed by atoms with Crippen LogP contribution in [0.4, 0.5) is 0 Å². The summed E-state index contributed by atoms with van der Waals surface area (Å²) in [5, 5.41) is 3.48. The molecule has 2 saturated heterocycles. The van der Waals surface area contributed by atoms with Gasteiger partial charge in [-0.15, -0.1) is 12.4 Å². The lowest BCUT2D eigenvalue weighted by Gasteiger charge is -2.41. The summed E-state index contributed by atoms with van der Waals surface area (Å²) >= 11 is 3.51. The van der Waals surface area contributed by atoms with E-state index < -0.39 is 5.41 Å². The molecule has 3 nitrogen and oxygen atoms in total. The zero-order chi connectivity index (χ0) is 15.8. The third-order valence-corrected chi connectivity index (χ3v) is 6.02. The van der Waals surface area contributed by atoms with Crippen molar-refractivity contribution < 1.29 is 4.79 Å². The summed E-state index contributed by atoms with van der Waals surface area (Å²) in [7, 11) is 0. The Labute approximate surface area is 153 Å². The maximum atomic E-state index is 13.0. The summed E-state index contributed by atoms with van der Waals surface area (Å²) in [6.07, 6.45) is 3.55. The Morgan fingerprint density at radius 1 is 1.26 bits per heavy atom. The average molecular weight is 402 g/mol. The molecule has 1 aromatic rings. The highest BCUT2D eigenvalue weighted by molar-refractivity contribution is 9.10. The molecule has 0 unspecified atom stereocenters. The Morgan fingerprint density at radius 2 is 1.96 bits per heavy atom.